The minimum absolute atomic E-state index is 0.691. The lowest BCUT2D eigenvalue weighted by atomic mass is 10.2. The molecule has 2 heterocycles. The van der Waals surface area contributed by atoms with Crippen LogP contribution in [-0.2, 0) is 5.75 Å². The van der Waals surface area contributed by atoms with Crippen LogP contribution in [0.25, 0.3) is 10.6 Å². The molecule has 0 fully saturated rings. The zero-order chi connectivity index (χ0) is 13.8. The maximum Gasteiger partial charge on any atom is 0.123 e. The van der Waals surface area contributed by atoms with Crippen LogP contribution >= 0.6 is 34.7 Å². The summed E-state index contributed by atoms with van der Waals surface area (Å²) < 4.78 is 0. The van der Waals surface area contributed by atoms with E-state index in [4.69, 9.17) is 11.6 Å². The van der Waals surface area contributed by atoms with Crippen LogP contribution in [0.1, 0.15) is 5.69 Å². The number of thiazole rings is 1. The molecular formula is C15H11ClN2S2. The summed E-state index contributed by atoms with van der Waals surface area (Å²) in [5.74, 6) is 0.778. The fraction of sp³-hybridized carbons (Fsp3) is 0.0667. The van der Waals surface area contributed by atoms with Gasteiger partial charge < -0.3 is 0 Å². The molecule has 0 spiro atoms. The Balaban J connectivity index is 1.71. The summed E-state index contributed by atoms with van der Waals surface area (Å²) in [6, 6.07) is 13.9. The molecule has 0 amide bonds. The summed E-state index contributed by atoms with van der Waals surface area (Å²) in [6.45, 7) is 0. The summed E-state index contributed by atoms with van der Waals surface area (Å²) >= 11 is 9.36. The van der Waals surface area contributed by atoms with E-state index in [1.165, 1.54) is 0 Å². The van der Waals surface area contributed by atoms with Crippen LogP contribution in [0.2, 0.25) is 5.02 Å². The van der Waals surface area contributed by atoms with Crippen LogP contribution < -0.4 is 0 Å². The van der Waals surface area contributed by atoms with Crippen molar-refractivity contribution in [3.05, 3.63) is 64.8 Å². The molecule has 0 N–H and O–H groups in total. The number of nitrogens with zero attached hydrogens (tertiary/aromatic N) is 2. The van der Waals surface area contributed by atoms with Crippen molar-refractivity contribution in [3.8, 4) is 10.6 Å². The molecule has 20 heavy (non-hydrogen) atoms. The molecule has 3 aromatic rings. The SMILES string of the molecule is Clc1cccnc1SCc1csc(-c2ccccc2)n1. The van der Waals surface area contributed by atoms with Crippen molar-refractivity contribution in [1.29, 1.82) is 0 Å². The van der Waals surface area contributed by atoms with Gasteiger partial charge in [-0.1, -0.05) is 53.7 Å². The van der Waals surface area contributed by atoms with Crippen molar-refractivity contribution in [3.63, 3.8) is 0 Å². The summed E-state index contributed by atoms with van der Waals surface area (Å²) in [4.78, 5) is 8.92. The average molecular weight is 319 g/mol. The number of thioether (sulfide) groups is 1. The quantitative estimate of drug-likeness (QED) is 0.622. The number of halogens is 1. The first kappa shape index (κ1) is 13.6. The molecule has 2 aromatic heterocycles. The van der Waals surface area contributed by atoms with Gasteiger partial charge in [-0.2, -0.15) is 0 Å². The lowest BCUT2D eigenvalue weighted by Gasteiger charge is -2.00. The van der Waals surface area contributed by atoms with Gasteiger partial charge in [-0.15, -0.1) is 11.3 Å². The molecule has 5 heteroatoms. The lowest BCUT2D eigenvalue weighted by molar-refractivity contribution is 1.12. The highest BCUT2D eigenvalue weighted by atomic mass is 35.5. The van der Waals surface area contributed by atoms with Gasteiger partial charge in [0.05, 0.1) is 10.7 Å². The summed E-state index contributed by atoms with van der Waals surface area (Å²) in [5, 5.41) is 4.68. The standard InChI is InChI=1S/C15H11ClN2S2/c16-13-7-4-8-17-15(13)20-10-12-9-19-14(18-12)11-5-2-1-3-6-11/h1-9H,10H2. The largest absolute Gasteiger partial charge is 0.248 e. The normalized spacial score (nSPS) is 10.7. The van der Waals surface area contributed by atoms with Gasteiger partial charge in [-0.3, -0.25) is 0 Å². The van der Waals surface area contributed by atoms with Crippen LogP contribution in [-0.4, -0.2) is 9.97 Å². The smallest absolute Gasteiger partial charge is 0.123 e. The van der Waals surface area contributed by atoms with Gasteiger partial charge in [0.15, 0.2) is 0 Å². The highest BCUT2D eigenvalue weighted by Gasteiger charge is 2.07. The fourth-order valence-corrected chi connectivity index (χ4v) is 3.70. The molecule has 0 atom stereocenters. The molecule has 0 saturated carbocycles. The molecule has 0 radical (unpaired) electrons. The average Bonchev–Trinajstić information content (AvgIpc) is 2.96. The third-order valence-electron chi connectivity index (χ3n) is 2.65. The molecule has 0 aliphatic rings. The van der Waals surface area contributed by atoms with Crippen molar-refractivity contribution in [1.82, 2.24) is 9.97 Å². The maximum atomic E-state index is 6.09. The number of hydrogen-bond acceptors (Lipinski definition) is 4. The second kappa shape index (κ2) is 6.39. The van der Waals surface area contributed by atoms with E-state index in [1.54, 1.807) is 29.3 Å². The van der Waals surface area contributed by atoms with Crippen molar-refractivity contribution < 1.29 is 0 Å². The van der Waals surface area contributed by atoms with E-state index in [1.807, 2.05) is 30.3 Å². The first-order valence-electron chi connectivity index (χ1n) is 6.06. The Bertz CT molecular complexity index is 698. The molecule has 0 aliphatic carbocycles. The maximum absolute atomic E-state index is 6.09. The number of rotatable bonds is 4. The van der Waals surface area contributed by atoms with Crippen molar-refractivity contribution >= 4 is 34.7 Å². The Morgan fingerprint density at radius 1 is 1.10 bits per heavy atom. The number of pyridine rings is 1. The first-order chi connectivity index (χ1) is 9.83. The van der Waals surface area contributed by atoms with E-state index in [0.717, 1.165) is 27.0 Å². The second-order valence-electron chi connectivity index (χ2n) is 4.09. The van der Waals surface area contributed by atoms with Gasteiger partial charge in [0, 0.05) is 22.9 Å². The Morgan fingerprint density at radius 2 is 1.95 bits per heavy atom. The van der Waals surface area contributed by atoms with E-state index in [-0.39, 0.29) is 0 Å². The molecule has 1 aromatic carbocycles. The summed E-state index contributed by atoms with van der Waals surface area (Å²) in [5.41, 5.74) is 2.21. The topological polar surface area (TPSA) is 25.8 Å². The predicted octanol–water partition coefficient (Wildman–Crippen LogP) is 5.15. The highest BCUT2D eigenvalue weighted by molar-refractivity contribution is 7.98. The third-order valence-corrected chi connectivity index (χ3v) is 5.05. The van der Waals surface area contributed by atoms with Gasteiger partial charge in [-0.25, -0.2) is 9.97 Å². The second-order valence-corrected chi connectivity index (χ2v) is 6.32. The van der Waals surface area contributed by atoms with Crippen molar-refractivity contribution in [2.75, 3.05) is 0 Å². The van der Waals surface area contributed by atoms with Gasteiger partial charge in [0.2, 0.25) is 0 Å². The molecule has 0 saturated heterocycles. The van der Waals surface area contributed by atoms with Crippen LogP contribution in [0.4, 0.5) is 0 Å². The number of aromatic nitrogens is 2. The third kappa shape index (κ3) is 3.20. The molecule has 0 aliphatic heterocycles. The van der Waals surface area contributed by atoms with Crippen molar-refractivity contribution in [2.24, 2.45) is 0 Å². The van der Waals surface area contributed by atoms with Gasteiger partial charge in [-0.05, 0) is 12.1 Å². The van der Waals surface area contributed by atoms with Gasteiger partial charge >= 0.3 is 0 Å². The fourth-order valence-electron chi connectivity index (χ4n) is 1.71. The molecule has 100 valence electrons. The van der Waals surface area contributed by atoms with E-state index in [9.17, 15) is 0 Å². The molecule has 3 rings (SSSR count). The van der Waals surface area contributed by atoms with E-state index in [2.05, 4.69) is 27.5 Å². The van der Waals surface area contributed by atoms with Crippen LogP contribution in [0.15, 0.2) is 59.1 Å². The summed E-state index contributed by atoms with van der Waals surface area (Å²) in [6.07, 6.45) is 1.75. The number of hydrogen-bond donors (Lipinski definition) is 0. The van der Waals surface area contributed by atoms with E-state index < -0.39 is 0 Å². The van der Waals surface area contributed by atoms with Gasteiger partial charge in [0.1, 0.15) is 10.0 Å². The van der Waals surface area contributed by atoms with Gasteiger partial charge in [0.25, 0.3) is 0 Å². The van der Waals surface area contributed by atoms with Crippen LogP contribution in [0.3, 0.4) is 0 Å². The van der Waals surface area contributed by atoms with Crippen LogP contribution in [0, 0.1) is 0 Å². The monoisotopic (exact) mass is 318 g/mol. The van der Waals surface area contributed by atoms with Crippen LogP contribution in [0.5, 0.6) is 0 Å². The Labute approximate surface area is 130 Å². The van der Waals surface area contributed by atoms with E-state index in [0.29, 0.717) is 5.02 Å². The van der Waals surface area contributed by atoms with Crippen molar-refractivity contribution in [2.45, 2.75) is 10.8 Å². The Hall–Kier alpha value is -1.36. The molecule has 0 unspecified atom stereocenters. The van der Waals surface area contributed by atoms with E-state index >= 15 is 0 Å². The minimum Gasteiger partial charge on any atom is -0.248 e. The number of benzene rings is 1. The minimum atomic E-state index is 0.691. The Kier molecular flexibility index (Phi) is 4.35. The molecule has 2 nitrogen and oxygen atoms in total. The molecule has 0 bridgehead atoms. The zero-order valence-electron chi connectivity index (χ0n) is 10.5. The zero-order valence-corrected chi connectivity index (χ0v) is 12.9. The summed E-state index contributed by atoms with van der Waals surface area (Å²) in [7, 11) is 0. The molecular weight excluding hydrogens is 308 g/mol. The highest BCUT2D eigenvalue weighted by Crippen LogP contribution is 2.29. The Morgan fingerprint density at radius 3 is 2.75 bits per heavy atom. The lowest BCUT2D eigenvalue weighted by Crippen LogP contribution is -1.84. The first-order valence-corrected chi connectivity index (χ1v) is 8.30. The predicted molar refractivity (Wildman–Crippen MR) is 86.4 cm³/mol.